The number of aliphatic hydroxyl groups excluding tert-OH is 1. The number of esters is 2. The first-order valence-electron chi connectivity index (χ1n) is 12.5. The highest BCUT2D eigenvalue weighted by Crippen LogP contribution is 2.61. The van der Waals surface area contributed by atoms with Crippen LogP contribution in [0, 0.1) is 22.7 Å². The van der Waals surface area contributed by atoms with Crippen LogP contribution in [0.1, 0.15) is 65.9 Å². The fourth-order valence-corrected chi connectivity index (χ4v) is 6.55. The lowest BCUT2D eigenvalue weighted by Gasteiger charge is -2.60. The summed E-state index contributed by atoms with van der Waals surface area (Å²) in [7, 11) is 1.39. The molecule has 2 aliphatic carbocycles. The van der Waals surface area contributed by atoms with E-state index in [1.54, 1.807) is 12.2 Å². The highest BCUT2D eigenvalue weighted by atomic mass is 16.6. The summed E-state index contributed by atoms with van der Waals surface area (Å²) >= 11 is 0. The molecular weight excluding hydrogens is 440 g/mol. The molecule has 1 fully saturated rings. The van der Waals surface area contributed by atoms with Crippen molar-refractivity contribution in [3.05, 3.63) is 65.3 Å². The van der Waals surface area contributed by atoms with Gasteiger partial charge in [-0.05, 0) is 68.4 Å². The number of aliphatic hydroxyl groups is 1. The van der Waals surface area contributed by atoms with E-state index in [0.29, 0.717) is 6.42 Å². The summed E-state index contributed by atoms with van der Waals surface area (Å²) in [5.41, 5.74) is 2.69. The monoisotopic (exact) mass is 480 g/mol. The third-order valence-corrected chi connectivity index (χ3v) is 8.29. The zero-order valence-electron chi connectivity index (χ0n) is 21.9. The molecule has 1 saturated carbocycles. The number of hydrogen-bond acceptors (Lipinski definition) is 5. The topological polar surface area (TPSA) is 72.8 Å². The van der Waals surface area contributed by atoms with Crippen molar-refractivity contribution in [3.8, 4) is 0 Å². The van der Waals surface area contributed by atoms with Crippen molar-refractivity contribution in [2.24, 2.45) is 22.7 Å². The van der Waals surface area contributed by atoms with Crippen LogP contribution in [0.5, 0.6) is 0 Å². The molecule has 5 heteroatoms. The second-order valence-electron chi connectivity index (χ2n) is 11.0. The van der Waals surface area contributed by atoms with Crippen molar-refractivity contribution in [1.82, 2.24) is 0 Å². The molecule has 0 amide bonds. The van der Waals surface area contributed by atoms with E-state index in [1.807, 2.05) is 37.3 Å². The van der Waals surface area contributed by atoms with Gasteiger partial charge in [0.05, 0.1) is 13.2 Å². The van der Waals surface area contributed by atoms with E-state index in [-0.39, 0.29) is 23.2 Å². The summed E-state index contributed by atoms with van der Waals surface area (Å²) in [6.07, 6.45) is 8.85. The van der Waals surface area contributed by atoms with Crippen LogP contribution in [0.25, 0.3) is 6.08 Å². The van der Waals surface area contributed by atoms with E-state index in [4.69, 9.17) is 9.47 Å². The Morgan fingerprint density at radius 2 is 1.83 bits per heavy atom. The molecule has 190 valence electrons. The van der Waals surface area contributed by atoms with E-state index in [1.165, 1.54) is 18.8 Å². The summed E-state index contributed by atoms with van der Waals surface area (Å²) in [4.78, 5) is 24.3. The van der Waals surface area contributed by atoms with Gasteiger partial charge in [0.1, 0.15) is 6.10 Å². The summed E-state index contributed by atoms with van der Waals surface area (Å²) in [5.74, 6) is -0.251. The third-order valence-electron chi connectivity index (χ3n) is 8.29. The standard InChI is InChI=1S/C30H40O5/c1-20(18-27(33)34-6)12-15-23-21(2)13-16-25-29(3,4)28(24(31)19-30(23,25)5)35-26(32)17-14-22-10-8-7-9-11-22/h7-11,13-14,17-18,23-25,28,31H,12,15-16,19H2,1-6H3/t23-,24+,25-,28+,30+/m0/s1. The van der Waals surface area contributed by atoms with Crippen LogP contribution in [0.2, 0.25) is 0 Å². The van der Waals surface area contributed by atoms with Gasteiger partial charge in [-0.15, -0.1) is 0 Å². The molecular formula is C30H40O5. The molecule has 0 radical (unpaired) electrons. The lowest BCUT2D eigenvalue weighted by molar-refractivity contribution is -0.198. The number of rotatable bonds is 7. The Morgan fingerprint density at radius 3 is 2.49 bits per heavy atom. The highest BCUT2D eigenvalue weighted by molar-refractivity contribution is 5.87. The van der Waals surface area contributed by atoms with Gasteiger partial charge >= 0.3 is 11.9 Å². The number of hydrogen-bond donors (Lipinski definition) is 1. The first-order chi connectivity index (χ1) is 16.5. The van der Waals surface area contributed by atoms with Gasteiger partial charge in [-0.2, -0.15) is 0 Å². The SMILES string of the molecule is COC(=O)C=C(C)CC[C@H]1C(C)=CC[C@H]2C(C)(C)[C@H](OC(=O)C=Cc3ccccc3)[C@H](O)C[C@]12C. The first-order valence-corrected chi connectivity index (χ1v) is 12.5. The normalized spacial score (nSPS) is 30.4. The zero-order chi connectivity index (χ0) is 25.8. The van der Waals surface area contributed by atoms with Crippen molar-refractivity contribution in [3.63, 3.8) is 0 Å². The molecule has 1 aromatic carbocycles. The Hall–Kier alpha value is -2.66. The molecule has 0 unspecified atom stereocenters. The largest absolute Gasteiger partial charge is 0.466 e. The average molecular weight is 481 g/mol. The maximum absolute atomic E-state index is 12.7. The van der Waals surface area contributed by atoms with E-state index >= 15 is 0 Å². The van der Waals surface area contributed by atoms with E-state index < -0.39 is 23.6 Å². The molecule has 0 spiro atoms. The first kappa shape index (κ1) is 26.9. The van der Waals surface area contributed by atoms with Crippen LogP contribution in [-0.4, -0.2) is 36.4 Å². The predicted molar refractivity (Wildman–Crippen MR) is 138 cm³/mol. The van der Waals surface area contributed by atoms with Gasteiger partial charge < -0.3 is 14.6 Å². The van der Waals surface area contributed by atoms with Gasteiger partial charge in [0.2, 0.25) is 0 Å². The smallest absolute Gasteiger partial charge is 0.331 e. The van der Waals surface area contributed by atoms with Crippen LogP contribution in [0.15, 0.2) is 59.7 Å². The molecule has 1 N–H and O–H groups in total. The van der Waals surface area contributed by atoms with Crippen LogP contribution in [-0.2, 0) is 19.1 Å². The quantitative estimate of drug-likeness (QED) is 0.299. The number of allylic oxidation sites excluding steroid dienone is 3. The Balaban J connectivity index is 1.77. The van der Waals surface area contributed by atoms with Crippen LogP contribution >= 0.6 is 0 Å². The molecule has 0 aromatic heterocycles. The summed E-state index contributed by atoms with van der Waals surface area (Å²) in [6, 6.07) is 9.61. The number of methoxy groups -OCH3 is 1. The minimum atomic E-state index is -0.750. The van der Waals surface area contributed by atoms with Gasteiger partial charge in [0.25, 0.3) is 0 Å². The number of carbonyl (C=O) groups excluding carboxylic acids is 2. The van der Waals surface area contributed by atoms with Crippen LogP contribution in [0.3, 0.4) is 0 Å². The second kappa shape index (κ2) is 10.9. The lowest BCUT2D eigenvalue weighted by Crippen LogP contribution is -2.60. The maximum atomic E-state index is 12.7. The third kappa shape index (κ3) is 5.95. The predicted octanol–water partition coefficient (Wildman–Crippen LogP) is 5.89. The number of fused-ring (bicyclic) bond motifs is 1. The van der Waals surface area contributed by atoms with Crippen molar-refractivity contribution in [2.45, 2.75) is 72.5 Å². The molecule has 0 aliphatic heterocycles. The molecule has 0 saturated heterocycles. The fourth-order valence-electron chi connectivity index (χ4n) is 6.55. The Bertz CT molecular complexity index is 1000. The fraction of sp³-hybridized carbons (Fsp3) is 0.533. The zero-order valence-corrected chi connectivity index (χ0v) is 21.9. The van der Waals surface area contributed by atoms with Crippen molar-refractivity contribution < 1.29 is 24.2 Å². The van der Waals surface area contributed by atoms with Crippen LogP contribution < -0.4 is 0 Å². The summed E-state index contributed by atoms with van der Waals surface area (Å²) in [6.45, 7) is 10.6. The molecule has 0 heterocycles. The Kier molecular flexibility index (Phi) is 8.42. The number of benzene rings is 1. The molecule has 5 nitrogen and oxygen atoms in total. The lowest BCUT2D eigenvalue weighted by atomic mass is 9.46. The van der Waals surface area contributed by atoms with Crippen molar-refractivity contribution in [1.29, 1.82) is 0 Å². The molecule has 35 heavy (non-hydrogen) atoms. The van der Waals surface area contributed by atoms with Crippen molar-refractivity contribution in [2.75, 3.05) is 7.11 Å². The minimum absolute atomic E-state index is 0.143. The van der Waals surface area contributed by atoms with Gasteiger partial charge in [-0.25, -0.2) is 9.59 Å². The molecule has 2 aliphatic rings. The Morgan fingerprint density at radius 1 is 1.14 bits per heavy atom. The average Bonchev–Trinajstić information content (AvgIpc) is 2.80. The van der Waals surface area contributed by atoms with E-state index in [9.17, 15) is 14.7 Å². The summed E-state index contributed by atoms with van der Waals surface area (Å²) < 4.78 is 10.7. The van der Waals surface area contributed by atoms with E-state index in [0.717, 1.165) is 30.4 Å². The molecule has 0 bridgehead atoms. The molecule has 5 atom stereocenters. The number of ether oxygens (including phenoxy) is 2. The highest BCUT2D eigenvalue weighted by Gasteiger charge is 2.59. The molecule has 3 rings (SSSR count). The minimum Gasteiger partial charge on any atom is -0.466 e. The Labute approximate surface area is 209 Å². The molecule has 1 aromatic rings. The van der Waals surface area contributed by atoms with Crippen LogP contribution in [0.4, 0.5) is 0 Å². The maximum Gasteiger partial charge on any atom is 0.331 e. The van der Waals surface area contributed by atoms with Gasteiger partial charge in [0.15, 0.2) is 0 Å². The van der Waals surface area contributed by atoms with E-state index in [2.05, 4.69) is 33.8 Å². The van der Waals surface area contributed by atoms with Gasteiger partial charge in [-0.3, -0.25) is 0 Å². The number of carbonyl (C=O) groups is 2. The second-order valence-corrected chi connectivity index (χ2v) is 11.0. The van der Waals surface area contributed by atoms with Gasteiger partial charge in [0, 0.05) is 17.6 Å². The summed E-state index contributed by atoms with van der Waals surface area (Å²) in [5, 5.41) is 11.3. The van der Waals surface area contributed by atoms with Crippen molar-refractivity contribution >= 4 is 18.0 Å². The van der Waals surface area contributed by atoms with Gasteiger partial charge in [-0.1, -0.05) is 68.3 Å².